The first-order valence-corrected chi connectivity index (χ1v) is 21.3. The third-order valence-electron chi connectivity index (χ3n) is 15.7. The first-order chi connectivity index (χ1) is 26.7. The van der Waals surface area contributed by atoms with E-state index in [1.54, 1.807) is 28.4 Å². The van der Waals surface area contributed by atoms with Crippen LogP contribution >= 0.6 is 0 Å². The Morgan fingerprint density at radius 2 is 1.32 bits per heavy atom. The Morgan fingerprint density at radius 3 is 1.91 bits per heavy atom. The highest BCUT2D eigenvalue weighted by Crippen LogP contribution is 2.68. The molecule has 3 heterocycles. The zero-order chi connectivity index (χ0) is 40.2. The number of allylic oxidation sites excluding steroid dienone is 1. The molecule has 6 fully saturated rings. The lowest BCUT2D eigenvalue weighted by molar-refractivity contribution is -0.338. The lowest BCUT2D eigenvalue weighted by Gasteiger charge is -2.61. The molecule has 0 unspecified atom stereocenters. The average molecular weight is 795 g/mol. The van der Waals surface area contributed by atoms with Crippen molar-refractivity contribution in [2.24, 2.45) is 28.6 Å². The Morgan fingerprint density at radius 1 is 0.750 bits per heavy atom. The number of fused-ring (bicyclic) bond motifs is 5. The van der Waals surface area contributed by atoms with Crippen LogP contribution in [0.15, 0.2) is 11.6 Å². The Hall–Kier alpha value is -1.07. The number of hydrogen-bond acceptors (Lipinski definition) is 13. The highest BCUT2D eigenvalue weighted by atomic mass is 16.7. The van der Waals surface area contributed by atoms with Crippen molar-refractivity contribution in [3.8, 4) is 0 Å². The van der Waals surface area contributed by atoms with Crippen LogP contribution in [0.1, 0.15) is 105 Å². The second-order valence-electron chi connectivity index (χ2n) is 18.5. The Labute approximate surface area is 333 Å². The third kappa shape index (κ3) is 7.73. The van der Waals surface area contributed by atoms with Gasteiger partial charge in [0.1, 0.15) is 24.9 Å². The number of carbonyl (C=O) groups is 1. The Balaban J connectivity index is 0.936. The van der Waals surface area contributed by atoms with Gasteiger partial charge in [-0.15, -0.1) is 0 Å². The van der Waals surface area contributed by atoms with Gasteiger partial charge in [0.05, 0.1) is 48.3 Å². The van der Waals surface area contributed by atoms with Crippen LogP contribution in [0.3, 0.4) is 0 Å². The summed E-state index contributed by atoms with van der Waals surface area (Å²) in [6, 6.07) is 0. The predicted molar refractivity (Wildman–Crippen MR) is 203 cm³/mol. The Kier molecular flexibility index (Phi) is 13.2. The topological polar surface area (TPSA) is 150 Å². The van der Waals surface area contributed by atoms with Gasteiger partial charge in [0.15, 0.2) is 24.7 Å². The molecule has 56 heavy (non-hydrogen) atoms. The van der Waals surface area contributed by atoms with Crippen LogP contribution in [0.4, 0.5) is 0 Å². The molecule has 2 N–H and O–H groups in total. The second-order valence-corrected chi connectivity index (χ2v) is 18.5. The summed E-state index contributed by atoms with van der Waals surface area (Å²) in [6.45, 7) is 10.5. The number of rotatable bonds is 12. The lowest BCUT2D eigenvalue weighted by atomic mass is 9.45. The number of aliphatic hydroxyl groups is 2. The van der Waals surface area contributed by atoms with Gasteiger partial charge in [-0.3, -0.25) is 4.79 Å². The smallest absolute Gasteiger partial charge is 0.162 e. The summed E-state index contributed by atoms with van der Waals surface area (Å²) < 4.78 is 61.2. The van der Waals surface area contributed by atoms with Gasteiger partial charge in [-0.25, -0.2) is 0 Å². The van der Waals surface area contributed by atoms with Crippen molar-refractivity contribution in [3.63, 3.8) is 0 Å². The fourth-order valence-corrected chi connectivity index (χ4v) is 12.4. The average Bonchev–Trinajstić information content (AvgIpc) is 3.45. The first-order valence-electron chi connectivity index (χ1n) is 21.3. The van der Waals surface area contributed by atoms with Gasteiger partial charge in [-0.2, -0.15) is 0 Å². The summed E-state index contributed by atoms with van der Waals surface area (Å²) in [4.78, 5) is 13.1. The molecule has 0 aromatic carbocycles. The standard InChI is InChI=1S/C43H70O13/c1-23-38(45)32(48-7)19-36(51-23)55-40-25(3)53-37(21-34(40)50-9)56-39-24(2)52-35(20-33(39)49-8)54-27-12-15-41(4)26(18-27)10-11-29-28(41)13-16-42(5)30(31(44)22-47-6)14-17-43(29,42)46/h10,23-25,27-30,32-40,45-46H,11-22H2,1-9H3/t23-,24-,25-,27+,28+,29-,30-,32-,33+,34+,35+,36+,37+,38-,39-,40-,41+,42-,43+/m1/s1. The first kappa shape index (κ1) is 43.0. The molecule has 4 aliphatic carbocycles. The zero-order valence-corrected chi connectivity index (χ0v) is 35.2. The van der Waals surface area contributed by atoms with E-state index in [1.807, 2.05) is 20.8 Å². The van der Waals surface area contributed by atoms with Crippen LogP contribution in [0.5, 0.6) is 0 Å². The minimum atomic E-state index is -0.842. The molecule has 3 saturated carbocycles. The van der Waals surface area contributed by atoms with E-state index in [-0.39, 0.29) is 72.4 Å². The summed E-state index contributed by atoms with van der Waals surface area (Å²) in [6.07, 6.45) is 5.61. The highest BCUT2D eigenvalue weighted by Gasteiger charge is 2.67. The van der Waals surface area contributed by atoms with Crippen LogP contribution in [0.2, 0.25) is 0 Å². The van der Waals surface area contributed by atoms with Crippen molar-refractivity contribution in [1.29, 1.82) is 0 Å². The van der Waals surface area contributed by atoms with E-state index in [4.69, 9.17) is 47.4 Å². The van der Waals surface area contributed by atoms with E-state index >= 15 is 0 Å². The van der Waals surface area contributed by atoms with E-state index in [0.29, 0.717) is 31.6 Å². The van der Waals surface area contributed by atoms with Gasteiger partial charge < -0.3 is 57.6 Å². The molecule has 0 aromatic rings. The molecule has 3 aliphatic heterocycles. The molecule has 0 aromatic heterocycles. The van der Waals surface area contributed by atoms with Gasteiger partial charge in [-0.05, 0) is 89.4 Å². The second kappa shape index (κ2) is 17.1. The van der Waals surface area contributed by atoms with Gasteiger partial charge in [0.25, 0.3) is 0 Å². The summed E-state index contributed by atoms with van der Waals surface area (Å²) in [5.74, 6) is 0.520. The minimum Gasteiger partial charge on any atom is -0.389 e. The predicted octanol–water partition coefficient (Wildman–Crippen LogP) is 4.86. The molecular weight excluding hydrogens is 724 g/mol. The molecule has 13 heteroatoms. The maximum absolute atomic E-state index is 13.1. The number of aliphatic hydroxyl groups excluding tert-OH is 1. The Bertz CT molecular complexity index is 1390. The van der Waals surface area contributed by atoms with Crippen LogP contribution in [0.25, 0.3) is 0 Å². The van der Waals surface area contributed by atoms with Gasteiger partial charge in [0.2, 0.25) is 0 Å². The molecule has 19 atom stereocenters. The van der Waals surface area contributed by atoms with E-state index in [9.17, 15) is 15.0 Å². The number of ketones is 1. The van der Waals surface area contributed by atoms with Crippen LogP contribution < -0.4 is 0 Å². The van der Waals surface area contributed by atoms with Gasteiger partial charge in [0, 0.05) is 59.0 Å². The van der Waals surface area contributed by atoms with Crippen molar-refractivity contribution in [3.05, 3.63) is 11.6 Å². The van der Waals surface area contributed by atoms with Crippen LogP contribution in [0, 0.1) is 28.6 Å². The number of methoxy groups -OCH3 is 4. The summed E-state index contributed by atoms with van der Waals surface area (Å²) in [5, 5.41) is 22.8. The fourth-order valence-electron chi connectivity index (χ4n) is 12.4. The number of Topliss-reactive ketones (excluding diaryl/α,β-unsaturated/α-hetero) is 1. The largest absolute Gasteiger partial charge is 0.389 e. The van der Waals surface area contributed by atoms with Crippen LogP contribution in [-0.2, 0) is 52.2 Å². The molecule has 7 aliphatic rings. The number of carbonyl (C=O) groups excluding carboxylic acids is 1. The quantitative estimate of drug-likeness (QED) is 0.259. The van der Waals surface area contributed by atoms with E-state index in [2.05, 4.69) is 19.9 Å². The molecule has 3 saturated heterocycles. The molecule has 0 amide bonds. The lowest BCUT2D eigenvalue weighted by Crippen LogP contribution is -2.61. The van der Waals surface area contributed by atoms with Crippen molar-refractivity contribution >= 4 is 5.78 Å². The molecule has 0 radical (unpaired) electrons. The fraction of sp³-hybridized carbons (Fsp3) is 0.930. The zero-order valence-electron chi connectivity index (χ0n) is 35.2. The van der Waals surface area contributed by atoms with Crippen molar-refractivity contribution in [2.45, 2.75) is 191 Å². The number of hydrogen-bond donors (Lipinski definition) is 2. The van der Waals surface area contributed by atoms with Gasteiger partial charge >= 0.3 is 0 Å². The van der Waals surface area contributed by atoms with Crippen molar-refractivity contribution in [1.82, 2.24) is 0 Å². The molecule has 0 bridgehead atoms. The summed E-state index contributed by atoms with van der Waals surface area (Å²) in [7, 11) is 6.53. The molecule has 320 valence electrons. The monoisotopic (exact) mass is 794 g/mol. The summed E-state index contributed by atoms with van der Waals surface area (Å²) in [5.41, 5.74) is 0.194. The van der Waals surface area contributed by atoms with E-state index in [0.717, 1.165) is 44.9 Å². The SMILES string of the molecule is COCC(=O)[C@H]1CC[C@]2(O)[C@@H]3CC=C4C[C@@H](O[C@H]5C[C@H](OC)[C@H](O[C@H]6C[C@H](OC)[C@H](O[C@H]7C[C@@H](OC)[C@H](O)[C@@H](C)O7)[C@@H](C)O6)[C@@H](C)O5)CC[C@]4(C)[C@H]3CC[C@]12C. The maximum atomic E-state index is 13.1. The molecule has 13 nitrogen and oxygen atoms in total. The maximum Gasteiger partial charge on any atom is 0.162 e. The van der Waals surface area contributed by atoms with Gasteiger partial charge in [-0.1, -0.05) is 25.5 Å². The van der Waals surface area contributed by atoms with Crippen molar-refractivity contribution < 1.29 is 62.4 Å². The molecule has 7 rings (SSSR count). The number of ether oxygens (including phenoxy) is 10. The highest BCUT2D eigenvalue weighted by molar-refractivity contribution is 5.83. The third-order valence-corrected chi connectivity index (χ3v) is 15.7. The minimum absolute atomic E-state index is 0.00110. The van der Waals surface area contributed by atoms with E-state index < -0.39 is 48.2 Å². The van der Waals surface area contributed by atoms with Crippen molar-refractivity contribution in [2.75, 3.05) is 35.0 Å². The van der Waals surface area contributed by atoms with E-state index in [1.165, 1.54) is 5.57 Å². The normalized spacial score (nSPS) is 50.7. The summed E-state index contributed by atoms with van der Waals surface area (Å²) >= 11 is 0. The molecular formula is C43H70O13. The molecule has 0 spiro atoms. The van der Waals surface area contributed by atoms with Crippen LogP contribution in [-0.4, -0.2) is 137 Å².